The molecule has 2 aromatic rings. The summed E-state index contributed by atoms with van der Waals surface area (Å²) in [6.45, 7) is 4.05. The standard InChI is InChI=1S/C18H18Cl2FNO2/c1-11(2)17(24-16-8-5-13(19)9-15(16)20)18(23)22-10-12-3-6-14(21)7-4-12/h3-9,11,17H,10H2,1-2H3,(H,22,23). The van der Waals surface area contributed by atoms with Gasteiger partial charge in [0.1, 0.15) is 11.6 Å². The van der Waals surface area contributed by atoms with Gasteiger partial charge in [-0.2, -0.15) is 0 Å². The van der Waals surface area contributed by atoms with Gasteiger partial charge in [-0.05, 0) is 41.8 Å². The lowest BCUT2D eigenvalue weighted by molar-refractivity contribution is -0.130. The van der Waals surface area contributed by atoms with Crippen molar-refractivity contribution in [2.24, 2.45) is 5.92 Å². The maximum Gasteiger partial charge on any atom is 0.261 e. The molecule has 0 aliphatic carbocycles. The minimum Gasteiger partial charge on any atom is -0.479 e. The highest BCUT2D eigenvalue weighted by atomic mass is 35.5. The maximum absolute atomic E-state index is 12.9. The molecule has 0 bridgehead atoms. The summed E-state index contributed by atoms with van der Waals surface area (Å²) in [5.74, 6) is -0.243. The Hall–Kier alpha value is -1.78. The van der Waals surface area contributed by atoms with E-state index in [0.717, 1.165) is 5.56 Å². The van der Waals surface area contributed by atoms with E-state index < -0.39 is 6.10 Å². The van der Waals surface area contributed by atoms with Crippen LogP contribution in [-0.4, -0.2) is 12.0 Å². The number of amides is 1. The molecule has 0 aliphatic heterocycles. The first kappa shape index (κ1) is 18.6. The second kappa shape index (κ2) is 8.36. The van der Waals surface area contributed by atoms with E-state index in [4.69, 9.17) is 27.9 Å². The molecule has 0 saturated carbocycles. The van der Waals surface area contributed by atoms with Gasteiger partial charge in [0.05, 0.1) is 5.02 Å². The first-order valence-electron chi connectivity index (χ1n) is 7.50. The molecule has 1 atom stereocenters. The van der Waals surface area contributed by atoms with Crippen molar-refractivity contribution in [1.29, 1.82) is 0 Å². The lowest BCUT2D eigenvalue weighted by Gasteiger charge is -2.22. The normalized spacial score (nSPS) is 12.1. The smallest absolute Gasteiger partial charge is 0.261 e. The molecule has 0 aromatic heterocycles. The Morgan fingerprint density at radius 1 is 1.17 bits per heavy atom. The van der Waals surface area contributed by atoms with Crippen LogP contribution in [-0.2, 0) is 11.3 Å². The summed E-state index contributed by atoms with van der Waals surface area (Å²) in [5, 5.41) is 3.64. The number of nitrogens with one attached hydrogen (secondary N) is 1. The Morgan fingerprint density at radius 2 is 1.83 bits per heavy atom. The van der Waals surface area contributed by atoms with Crippen molar-refractivity contribution >= 4 is 29.1 Å². The molecule has 2 aromatic carbocycles. The molecule has 6 heteroatoms. The van der Waals surface area contributed by atoms with Crippen LogP contribution < -0.4 is 10.1 Å². The van der Waals surface area contributed by atoms with Gasteiger partial charge in [0.25, 0.3) is 5.91 Å². The van der Waals surface area contributed by atoms with Gasteiger partial charge in [0.2, 0.25) is 0 Å². The van der Waals surface area contributed by atoms with Gasteiger partial charge in [-0.15, -0.1) is 0 Å². The molecule has 0 fully saturated rings. The third kappa shape index (κ3) is 5.11. The van der Waals surface area contributed by atoms with Gasteiger partial charge in [0, 0.05) is 11.6 Å². The molecule has 0 saturated heterocycles. The number of hydrogen-bond acceptors (Lipinski definition) is 2. The molecular formula is C18H18Cl2FNO2. The number of halogens is 3. The van der Waals surface area contributed by atoms with Crippen LogP contribution in [0.15, 0.2) is 42.5 Å². The lowest BCUT2D eigenvalue weighted by atomic mass is 10.1. The Labute approximate surface area is 150 Å². The fourth-order valence-electron chi connectivity index (χ4n) is 2.09. The van der Waals surface area contributed by atoms with E-state index in [1.165, 1.54) is 12.1 Å². The second-order valence-corrected chi connectivity index (χ2v) is 6.55. The van der Waals surface area contributed by atoms with E-state index >= 15 is 0 Å². The van der Waals surface area contributed by atoms with Crippen LogP contribution in [0.1, 0.15) is 19.4 Å². The van der Waals surface area contributed by atoms with Crippen LogP contribution in [0.3, 0.4) is 0 Å². The van der Waals surface area contributed by atoms with E-state index in [2.05, 4.69) is 5.32 Å². The van der Waals surface area contributed by atoms with Gasteiger partial charge in [-0.3, -0.25) is 4.79 Å². The van der Waals surface area contributed by atoms with Gasteiger partial charge >= 0.3 is 0 Å². The zero-order valence-corrected chi connectivity index (χ0v) is 14.9. The molecule has 128 valence electrons. The predicted molar refractivity (Wildman–Crippen MR) is 94.0 cm³/mol. The number of rotatable bonds is 6. The van der Waals surface area contributed by atoms with Gasteiger partial charge in [0.15, 0.2) is 6.10 Å². The zero-order chi connectivity index (χ0) is 17.7. The molecule has 2 rings (SSSR count). The third-order valence-corrected chi connectivity index (χ3v) is 3.92. The van der Waals surface area contributed by atoms with E-state index in [-0.39, 0.29) is 17.6 Å². The number of ether oxygens (including phenoxy) is 1. The van der Waals surface area contributed by atoms with Crippen LogP contribution in [0.5, 0.6) is 5.75 Å². The lowest BCUT2D eigenvalue weighted by Crippen LogP contribution is -2.41. The summed E-state index contributed by atoms with van der Waals surface area (Å²) in [4.78, 5) is 12.4. The van der Waals surface area contributed by atoms with Gasteiger partial charge < -0.3 is 10.1 Å². The van der Waals surface area contributed by atoms with Crippen molar-refractivity contribution in [3.63, 3.8) is 0 Å². The first-order valence-corrected chi connectivity index (χ1v) is 8.26. The van der Waals surface area contributed by atoms with Crippen LogP contribution in [0.25, 0.3) is 0 Å². The van der Waals surface area contributed by atoms with Crippen LogP contribution in [0, 0.1) is 11.7 Å². The van der Waals surface area contributed by atoms with Crippen molar-refractivity contribution in [2.45, 2.75) is 26.5 Å². The fourth-order valence-corrected chi connectivity index (χ4v) is 2.54. The predicted octanol–water partition coefficient (Wildman–Crippen LogP) is 4.85. The molecule has 3 nitrogen and oxygen atoms in total. The highest BCUT2D eigenvalue weighted by molar-refractivity contribution is 6.35. The highest BCUT2D eigenvalue weighted by Gasteiger charge is 2.25. The SMILES string of the molecule is CC(C)C(Oc1ccc(Cl)cc1Cl)C(=O)NCc1ccc(F)cc1. The summed E-state index contributed by atoms with van der Waals surface area (Å²) >= 11 is 12.0. The summed E-state index contributed by atoms with van der Waals surface area (Å²) in [5.41, 5.74) is 0.803. The van der Waals surface area contributed by atoms with E-state index in [0.29, 0.717) is 22.3 Å². The van der Waals surface area contributed by atoms with Crippen LogP contribution in [0.2, 0.25) is 10.0 Å². The summed E-state index contributed by atoms with van der Waals surface area (Å²) in [7, 11) is 0. The minimum atomic E-state index is -0.705. The van der Waals surface area contributed by atoms with E-state index in [9.17, 15) is 9.18 Å². The van der Waals surface area contributed by atoms with Crippen molar-refractivity contribution in [1.82, 2.24) is 5.32 Å². The molecule has 0 heterocycles. The summed E-state index contributed by atoms with van der Waals surface area (Å²) in [6.07, 6.45) is -0.705. The first-order chi connectivity index (χ1) is 11.4. The Balaban J connectivity index is 2.03. The van der Waals surface area contributed by atoms with Crippen molar-refractivity contribution < 1.29 is 13.9 Å². The molecule has 1 unspecified atom stereocenters. The average molecular weight is 370 g/mol. The topological polar surface area (TPSA) is 38.3 Å². The van der Waals surface area contributed by atoms with Crippen LogP contribution >= 0.6 is 23.2 Å². The Kier molecular flexibility index (Phi) is 6.46. The molecule has 1 amide bonds. The Bertz CT molecular complexity index is 705. The van der Waals surface area contributed by atoms with Gasteiger partial charge in [-0.1, -0.05) is 49.2 Å². The molecule has 0 aliphatic rings. The maximum atomic E-state index is 12.9. The average Bonchev–Trinajstić information content (AvgIpc) is 2.53. The summed E-state index contributed by atoms with van der Waals surface area (Å²) < 4.78 is 18.7. The fraction of sp³-hybridized carbons (Fsp3) is 0.278. The number of benzene rings is 2. The Morgan fingerprint density at radius 3 is 2.42 bits per heavy atom. The molecular weight excluding hydrogens is 352 g/mol. The largest absolute Gasteiger partial charge is 0.479 e. The van der Waals surface area contributed by atoms with Crippen molar-refractivity contribution in [3.05, 3.63) is 63.9 Å². The van der Waals surface area contributed by atoms with E-state index in [1.807, 2.05) is 13.8 Å². The molecule has 0 spiro atoms. The molecule has 0 radical (unpaired) electrons. The summed E-state index contributed by atoms with van der Waals surface area (Å²) in [6, 6.07) is 10.8. The number of hydrogen-bond donors (Lipinski definition) is 1. The molecule has 1 N–H and O–H groups in total. The number of carbonyl (C=O) groups is 1. The quantitative estimate of drug-likeness (QED) is 0.789. The zero-order valence-electron chi connectivity index (χ0n) is 13.4. The van der Waals surface area contributed by atoms with Gasteiger partial charge in [-0.25, -0.2) is 4.39 Å². The monoisotopic (exact) mass is 369 g/mol. The molecule has 24 heavy (non-hydrogen) atoms. The van der Waals surface area contributed by atoms with Crippen molar-refractivity contribution in [2.75, 3.05) is 0 Å². The third-order valence-electron chi connectivity index (χ3n) is 3.39. The van der Waals surface area contributed by atoms with Crippen LogP contribution in [0.4, 0.5) is 4.39 Å². The number of carbonyl (C=O) groups excluding carboxylic acids is 1. The highest BCUT2D eigenvalue weighted by Crippen LogP contribution is 2.29. The minimum absolute atomic E-state index is 0.0648. The van der Waals surface area contributed by atoms with Crippen molar-refractivity contribution in [3.8, 4) is 5.75 Å². The van der Waals surface area contributed by atoms with E-state index in [1.54, 1.807) is 30.3 Å². The second-order valence-electron chi connectivity index (χ2n) is 5.70.